The van der Waals surface area contributed by atoms with Crippen LogP contribution in [0.5, 0.6) is 0 Å². The minimum atomic E-state index is -1.09. The van der Waals surface area contributed by atoms with E-state index in [-0.39, 0.29) is 23.9 Å². The second-order valence-corrected chi connectivity index (χ2v) is 6.56. The molecule has 0 amide bonds. The second kappa shape index (κ2) is 7.91. The molecule has 1 saturated heterocycles. The number of aromatic nitrogens is 4. The van der Waals surface area contributed by atoms with Crippen LogP contribution >= 0.6 is 0 Å². The highest BCUT2D eigenvalue weighted by atomic mass is 16.6. The van der Waals surface area contributed by atoms with Crippen molar-refractivity contribution in [1.82, 2.24) is 19.1 Å². The Morgan fingerprint density at radius 3 is 2.86 bits per heavy atom. The van der Waals surface area contributed by atoms with Gasteiger partial charge in [-0.05, 0) is 18.2 Å². The lowest BCUT2D eigenvalue weighted by Crippen LogP contribution is -2.36. The van der Waals surface area contributed by atoms with Crippen LogP contribution in [0, 0.1) is 0 Å². The first-order valence-electron chi connectivity index (χ1n) is 9.05. The lowest BCUT2D eigenvalue weighted by atomic mass is 10.2. The molecule has 1 aliphatic rings. The Kier molecular flexibility index (Phi) is 5.18. The summed E-state index contributed by atoms with van der Waals surface area (Å²) in [5, 5.41) is 9.30. The molecule has 3 aromatic rings. The maximum absolute atomic E-state index is 13.1. The predicted octanol–water partition coefficient (Wildman–Crippen LogP) is 0.949. The van der Waals surface area contributed by atoms with Gasteiger partial charge in [-0.3, -0.25) is 14.1 Å². The Balaban J connectivity index is 1.72. The molecule has 0 bridgehead atoms. The number of nitrogens with zero attached hydrogens (tertiary/aromatic N) is 4. The summed E-state index contributed by atoms with van der Waals surface area (Å²) in [5.41, 5.74) is 1.56. The Bertz CT molecular complexity index is 1040. The molecule has 0 spiro atoms. The maximum Gasteiger partial charge on any atom is 0.337 e. The fraction of sp³-hybridized carbons (Fsp3) is 0.368. The average Bonchev–Trinajstić information content (AvgIpc) is 2.98. The van der Waals surface area contributed by atoms with Crippen LogP contribution in [0.25, 0.3) is 11.2 Å². The number of pyridine rings is 2. The van der Waals surface area contributed by atoms with Gasteiger partial charge in [-0.2, -0.15) is 0 Å². The molecule has 0 aromatic carbocycles. The molecule has 4 heterocycles. The first-order chi connectivity index (χ1) is 13.6. The van der Waals surface area contributed by atoms with Crippen LogP contribution < -0.4 is 5.69 Å². The zero-order valence-electron chi connectivity index (χ0n) is 15.2. The zero-order valence-corrected chi connectivity index (χ0v) is 15.2. The monoisotopic (exact) mass is 384 g/mol. The first kappa shape index (κ1) is 18.3. The number of aromatic carboxylic acids is 1. The van der Waals surface area contributed by atoms with Crippen molar-refractivity contribution < 1.29 is 19.4 Å². The third-order valence-corrected chi connectivity index (χ3v) is 4.69. The van der Waals surface area contributed by atoms with E-state index in [1.54, 1.807) is 10.8 Å². The number of imidazole rings is 1. The van der Waals surface area contributed by atoms with E-state index in [0.717, 1.165) is 5.69 Å². The van der Waals surface area contributed by atoms with Gasteiger partial charge in [0.25, 0.3) is 0 Å². The minimum Gasteiger partial charge on any atom is -0.478 e. The summed E-state index contributed by atoms with van der Waals surface area (Å²) >= 11 is 0. The van der Waals surface area contributed by atoms with Crippen molar-refractivity contribution in [2.75, 3.05) is 19.8 Å². The molecule has 9 nitrogen and oxygen atoms in total. The summed E-state index contributed by atoms with van der Waals surface area (Å²) in [6.07, 6.45) is 3.27. The first-order valence-corrected chi connectivity index (χ1v) is 9.05. The van der Waals surface area contributed by atoms with Gasteiger partial charge < -0.3 is 14.6 Å². The molecule has 1 atom stereocenters. The zero-order chi connectivity index (χ0) is 19.5. The number of carboxylic acid groups (broad SMARTS) is 1. The van der Waals surface area contributed by atoms with E-state index in [2.05, 4.69) is 9.97 Å². The molecular weight excluding hydrogens is 364 g/mol. The Morgan fingerprint density at radius 2 is 2.14 bits per heavy atom. The summed E-state index contributed by atoms with van der Waals surface area (Å²) in [6.45, 7) is 2.05. The highest BCUT2D eigenvalue weighted by molar-refractivity contribution is 5.90. The molecule has 1 fully saturated rings. The standard InChI is InChI=1S/C19H20N4O5/c24-18(25)13-9-16-17(21-10-13)22(6-4-14-3-1-2-5-20-14)19(26)23(16)11-15-12-27-7-8-28-15/h1-3,5,9-10,15H,4,6-8,11-12H2,(H,24,25). The Labute approximate surface area is 160 Å². The molecule has 0 aliphatic carbocycles. The van der Waals surface area contributed by atoms with E-state index < -0.39 is 5.97 Å². The van der Waals surface area contributed by atoms with Gasteiger partial charge in [-0.1, -0.05) is 6.07 Å². The molecule has 1 aliphatic heterocycles. The van der Waals surface area contributed by atoms with Crippen molar-refractivity contribution in [2.45, 2.75) is 25.6 Å². The van der Waals surface area contributed by atoms with Crippen molar-refractivity contribution in [3.05, 3.63) is 58.4 Å². The van der Waals surface area contributed by atoms with Gasteiger partial charge in [0.1, 0.15) is 0 Å². The smallest absolute Gasteiger partial charge is 0.337 e. The van der Waals surface area contributed by atoms with Crippen LogP contribution in [0.15, 0.2) is 41.5 Å². The quantitative estimate of drug-likeness (QED) is 0.674. The number of ether oxygens (including phenoxy) is 2. The van der Waals surface area contributed by atoms with Gasteiger partial charge in [0.15, 0.2) is 5.65 Å². The van der Waals surface area contributed by atoms with Crippen LogP contribution in [-0.4, -0.2) is 56.1 Å². The summed E-state index contributed by atoms with van der Waals surface area (Å²) in [7, 11) is 0. The van der Waals surface area contributed by atoms with Crippen LogP contribution in [-0.2, 0) is 29.0 Å². The van der Waals surface area contributed by atoms with Crippen molar-refractivity contribution in [3.63, 3.8) is 0 Å². The molecule has 9 heteroatoms. The van der Waals surface area contributed by atoms with E-state index in [1.165, 1.54) is 16.8 Å². The maximum atomic E-state index is 13.1. The Morgan fingerprint density at radius 1 is 1.25 bits per heavy atom. The van der Waals surface area contributed by atoms with Crippen molar-refractivity contribution >= 4 is 17.1 Å². The molecule has 146 valence electrons. The lowest BCUT2D eigenvalue weighted by molar-refractivity contribution is -0.0935. The topological polar surface area (TPSA) is 108 Å². The van der Waals surface area contributed by atoms with Gasteiger partial charge in [0.05, 0.1) is 43.5 Å². The lowest BCUT2D eigenvalue weighted by Gasteiger charge is -2.23. The van der Waals surface area contributed by atoms with Gasteiger partial charge in [0.2, 0.25) is 0 Å². The molecule has 1 N–H and O–H groups in total. The van der Waals surface area contributed by atoms with E-state index in [1.807, 2.05) is 18.2 Å². The van der Waals surface area contributed by atoms with Gasteiger partial charge >= 0.3 is 11.7 Å². The third-order valence-electron chi connectivity index (χ3n) is 4.69. The van der Waals surface area contributed by atoms with Crippen molar-refractivity contribution in [3.8, 4) is 0 Å². The molecule has 4 rings (SSSR count). The number of fused-ring (bicyclic) bond motifs is 1. The van der Waals surface area contributed by atoms with Gasteiger partial charge in [-0.15, -0.1) is 0 Å². The number of hydrogen-bond donors (Lipinski definition) is 1. The van der Waals surface area contributed by atoms with Crippen molar-refractivity contribution in [1.29, 1.82) is 0 Å². The summed E-state index contributed by atoms with van der Waals surface area (Å²) in [4.78, 5) is 33.0. The van der Waals surface area contributed by atoms with Gasteiger partial charge in [-0.25, -0.2) is 14.6 Å². The van der Waals surface area contributed by atoms with Gasteiger partial charge in [0, 0.05) is 31.1 Å². The molecule has 0 saturated carbocycles. The Hall–Kier alpha value is -3.04. The molecule has 28 heavy (non-hydrogen) atoms. The molecule has 0 radical (unpaired) electrons. The molecule has 3 aromatic heterocycles. The van der Waals surface area contributed by atoms with Crippen LogP contribution in [0.3, 0.4) is 0 Å². The number of aryl methyl sites for hydroxylation is 2. The fourth-order valence-corrected chi connectivity index (χ4v) is 3.30. The van der Waals surface area contributed by atoms with E-state index in [9.17, 15) is 14.7 Å². The van der Waals surface area contributed by atoms with E-state index in [4.69, 9.17) is 9.47 Å². The number of rotatable bonds is 6. The third kappa shape index (κ3) is 3.67. The second-order valence-electron chi connectivity index (χ2n) is 6.56. The SMILES string of the molecule is O=C(O)c1cnc2c(c1)n(CC1COCCO1)c(=O)n2CCc1ccccn1. The van der Waals surface area contributed by atoms with Crippen molar-refractivity contribution in [2.24, 2.45) is 0 Å². The number of hydrogen-bond acceptors (Lipinski definition) is 6. The predicted molar refractivity (Wildman–Crippen MR) is 99.5 cm³/mol. The average molecular weight is 384 g/mol. The van der Waals surface area contributed by atoms with Crippen LogP contribution in [0.4, 0.5) is 0 Å². The molecule has 1 unspecified atom stereocenters. The fourth-order valence-electron chi connectivity index (χ4n) is 3.30. The molecular formula is C19H20N4O5. The largest absolute Gasteiger partial charge is 0.478 e. The summed E-state index contributed by atoms with van der Waals surface area (Å²) < 4.78 is 14.2. The van der Waals surface area contributed by atoms with E-state index in [0.29, 0.717) is 44.0 Å². The number of carbonyl (C=O) groups is 1. The van der Waals surface area contributed by atoms with Crippen LogP contribution in [0.1, 0.15) is 16.1 Å². The number of carboxylic acids is 1. The summed E-state index contributed by atoms with van der Waals surface area (Å²) in [5.74, 6) is -1.09. The highest BCUT2D eigenvalue weighted by Gasteiger charge is 2.21. The summed E-state index contributed by atoms with van der Waals surface area (Å²) in [6, 6.07) is 7.11. The van der Waals surface area contributed by atoms with E-state index >= 15 is 0 Å². The highest BCUT2D eigenvalue weighted by Crippen LogP contribution is 2.16. The minimum absolute atomic E-state index is 0.0314. The van der Waals surface area contributed by atoms with Crippen LogP contribution in [0.2, 0.25) is 0 Å². The normalized spacial score (nSPS) is 17.1.